The molecule has 1 aliphatic rings. The van der Waals surface area contributed by atoms with Crippen LogP contribution >= 0.6 is 0 Å². The first kappa shape index (κ1) is 13.4. The summed E-state index contributed by atoms with van der Waals surface area (Å²) in [5.41, 5.74) is 0. The lowest BCUT2D eigenvalue weighted by Crippen LogP contribution is -2.45. The highest BCUT2D eigenvalue weighted by Crippen LogP contribution is 2.32. The summed E-state index contributed by atoms with van der Waals surface area (Å²) in [7, 11) is 0. The van der Waals surface area contributed by atoms with E-state index >= 15 is 0 Å². The van der Waals surface area contributed by atoms with Crippen molar-refractivity contribution in [2.24, 2.45) is 5.92 Å². The number of amides is 2. The van der Waals surface area contributed by atoms with Crippen LogP contribution in [0.2, 0.25) is 0 Å². The highest BCUT2D eigenvalue weighted by Gasteiger charge is 2.36. The molecule has 1 aliphatic carbocycles. The zero-order valence-electron chi connectivity index (χ0n) is 9.56. The van der Waals surface area contributed by atoms with Crippen LogP contribution in [-0.4, -0.2) is 42.3 Å². The van der Waals surface area contributed by atoms with E-state index in [1.807, 2.05) is 5.32 Å². The number of hydrogen-bond acceptors (Lipinski definition) is 5. The Labute approximate surface area is 98.5 Å². The van der Waals surface area contributed by atoms with Crippen molar-refractivity contribution in [2.75, 3.05) is 13.2 Å². The summed E-state index contributed by atoms with van der Waals surface area (Å²) in [6.07, 6.45) is 0.880. The molecule has 17 heavy (non-hydrogen) atoms. The first-order valence-corrected chi connectivity index (χ1v) is 5.47. The van der Waals surface area contributed by atoms with Gasteiger partial charge in [-0.05, 0) is 25.7 Å². The molecular formula is C10H16N2O5. The van der Waals surface area contributed by atoms with Gasteiger partial charge in [0.1, 0.15) is 6.04 Å². The highest BCUT2D eigenvalue weighted by atomic mass is 16.5. The fourth-order valence-corrected chi connectivity index (χ4v) is 1.41. The van der Waals surface area contributed by atoms with Gasteiger partial charge >= 0.3 is 12.1 Å². The number of ether oxygens (including phenoxy) is 1. The van der Waals surface area contributed by atoms with Crippen LogP contribution in [0.4, 0.5) is 4.79 Å². The van der Waals surface area contributed by atoms with Crippen molar-refractivity contribution in [1.82, 2.24) is 10.6 Å². The van der Waals surface area contributed by atoms with Crippen LogP contribution in [0.3, 0.4) is 0 Å². The number of carbonyl (C=O) groups excluding carboxylic acids is 2. The van der Waals surface area contributed by atoms with Gasteiger partial charge in [-0.1, -0.05) is 0 Å². The maximum atomic E-state index is 11.2. The molecule has 1 unspecified atom stereocenters. The van der Waals surface area contributed by atoms with Crippen molar-refractivity contribution in [2.45, 2.75) is 25.8 Å². The van der Waals surface area contributed by atoms with E-state index in [-0.39, 0.29) is 19.1 Å². The summed E-state index contributed by atoms with van der Waals surface area (Å²) >= 11 is 0. The van der Waals surface area contributed by atoms with Crippen molar-refractivity contribution in [1.29, 1.82) is 0 Å². The fraction of sp³-hybridized carbons (Fsp3) is 0.700. The number of aliphatic carboxylic acids is 1. The number of rotatable bonds is 6. The van der Waals surface area contributed by atoms with Crippen LogP contribution in [0.5, 0.6) is 0 Å². The molecule has 0 saturated heterocycles. The van der Waals surface area contributed by atoms with Gasteiger partial charge in [0.15, 0.2) is 0 Å². The van der Waals surface area contributed by atoms with E-state index in [1.54, 1.807) is 6.92 Å². The van der Waals surface area contributed by atoms with Gasteiger partial charge in [0.2, 0.25) is 5.91 Å². The SMILES string of the molecule is CCOC(=O)NC(=O)CNC(C(=O)O)C1CC1. The molecule has 3 N–H and O–H groups in total. The Bertz CT molecular complexity index is 314. The number of carboxylic acids is 1. The first-order chi connectivity index (χ1) is 8.04. The second kappa shape index (κ2) is 6.19. The predicted octanol–water partition coefficient (Wildman–Crippen LogP) is -0.288. The molecule has 1 fully saturated rings. The lowest BCUT2D eigenvalue weighted by atomic mass is 10.2. The van der Waals surface area contributed by atoms with E-state index in [4.69, 9.17) is 5.11 Å². The molecular weight excluding hydrogens is 228 g/mol. The molecule has 0 radical (unpaired) electrons. The highest BCUT2D eigenvalue weighted by molar-refractivity contribution is 5.93. The predicted molar refractivity (Wildman–Crippen MR) is 57.3 cm³/mol. The van der Waals surface area contributed by atoms with Gasteiger partial charge in [-0.3, -0.25) is 20.2 Å². The smallest absolute Gasteiger partial charge is 0.413 e. The average Bonchev–Trinajstić information content (AvgIpc) is 3.01. The summed E-state index contributed by atoms with van der Waals surface area (Å²) in [5.74, 6) is -1.49. The number of nitrogens with one attached hydrogen (secondary N) is 2. The molecule has 1 rings (SSSR count). The summed E-state index contributed by atoms with van der Waals surface area (Å²) in [6.45, 7) is 1.58. The van der Waals surface area contributed by atoms with Crippen LogP contribution < -0.4 is 10.6 Å². The lowest BCUT2D eigenvalue weighted by molar-refractivity contribution is -0.140. The van der Waals surface area contributed by atoms with Crippen LogP contribution in [0.15, 0.2) is 0 Å². The van der Waals surface area contributed by atoms with E-state index in [1.165, 1.54) is 0 Å². The van der Waals surface area contributed by atoms with Crippen molar-refractivity contribution in [3.63, 3.8) is 0 Å². The fourth-order valence-electron chi connectivity index (χ4n) is 1.41. The van der Waals surface area contributed by atoms with Crippen molar-refractivity contribution < 1.29 is 24.2 Å². The van der Waals surface area contributed by atoms with Gasteiger partial charge < -0.3 is 9.84 Å². The normalized spacial score (nSPS) is 16.1. The average molecular weight is 244 g/mol. The Hall–Kier alpha value is -1.63. The standard InChI is InChI=1S/C10H16N2O5/c1-2-17-10(16)12-7(13)5-11-8(9(14)15)6-3-4-6/h6,8,11H,2-5H2,1H3,(H,14,15)(H,12,13,16). The molecule has 0 spiro atoms. The van der Waals surface area contributed by atoms with Crippen molar-refractivity contribution in [3.8, 4) is 0 Å². The molecule has 0 bridgehead atoms. The third-order valence-corrected chi connectivity index (χ3v) is 2.36. The van der Waals surface area contributed by atoms with E-state index in [2.05, 4.69) is 10.1 Å². The quantitative estimate of drug-likeness (QED) is 0.593. The number of carboxylic acid groups (broad SMARTS) is 1. The van der Waals surface area contributed by atoms with Crippen molar-refractivity contribution in [3.05, 3.63) is 0 Å². The first-order valence-electron chi connectivity index (χ1n) is 5.47. The van der Waals surface area contributed by atoms with E-state index < -0.39 is 24.0 Å². The van der Waals surface area contributed by atoms with Crippen LogP contribution in [0.1, 0.15) is 19.8 Å². The third-order valence-electron chi connectivity index (χ3n) is 2.36. The Kier molecular flexibility index (Phi) is 4.89. The topological polar surface area (TPSA) is 105 Å². The summed E-state index contributed by atoms with van der Waals surface area (Å²) in [6, 6.07) is -0.719. The Morgan fingerprint density at radius 1 is 1.41 bits per heavy atom. The zero-order chi connectivity index (χ0) is 12.8. The zero-order valence-corrected chi connectivity index (χ0v) is 9.56. The van der Waals surface area contributed by atoms with Gasteiger partial charge in [0.25, 0.3) is 0 Å². The summed E-state index contributed by atoms with van der Waals surface area (Å²) in [5, 5.41) is 13.5. The molecule has 0 aromatic heterocycles. The molecule has 7 nitrogen and oxygen atoms in total. The molecule has 0 heterocycles. The number of hydrogen-bond donors (Lipinski definition) is 3. The van der Waals surface area contributed by atoms with Gasteiger partial charge in [0, 0.05) is 0 Å². The largest absolute Gasteiger partial charge is 0.480 e. The Morgan fingerprint density at radius 3 is 2.53 bits per heavy atom. The molecule has 96 valence electrons. The van der Waals surface area contributed by atoms with E-state index in [9.17, 15) is 14.4 Å². The molecule has 0 aliphatic heterocycles. The lowest BCUT2D eigenvalue weighted by Gasteiger charge is -2.12. The summed E-state index contributed by atoms with van der Waals surface area (Å²) < 4.78 is 4.51. The monoisotopic (exact) mass is 244 g/mol. The Morgan fingerprint density at radius 2 is 2.06 bits per heavy atom. The molecule has 0 aromatic carbocycles. The minimum atomic E-state index is -0.976. The number of carbonyl (C=O) groups is 3. The maximum Gasteiger partial charge on any atom is 0.413 e. The van der Waals surface area contributed by atoms with Crippen LogP contribution in [0.25, 0.3) is 0 Å². The van der Waals surface area contributed by atoms with Gasteiger partial charge in [-0.15, -0.1) is 0 Å². The van der Waals surface area contributed by atoms with Crippen LogP contribution in [-0.2, 0) is 14.3 Å². The molecule has 1 atom stereocenters. The van der Waals surface area contributed by atoms with E-state index in [0.717, 1.165) is 12.8 Å². The summed E-state index contributed by atoms with van der Waals surface area (Å²) in [4.78, 5) is 32.9. The molecule has 7 heteroatoms. The Balaban J connectivity index is 2.26. The second-order valence-electron chi connectivity index (χ2n) is 3.80. The van der Waals surface area contributed by atoms with Crippen LogP contribution in [0, 0.1) is 5.92 Å². The van der Waals surface area contributed by atoms with Gasteiger partial charge in [-0.25, -0.2) is 4.79 Å². The molecule has 1 saturated carbocycles. The minimum absolute atomic E-state index is 0.0860. The maximum absolute atomic E-state index is 11.2. The molecule has 0 aromatic rings. The molecule has 2 amide bonds. The number of imide groups is 1. The van der Waals surface area contributed by atoms with E-state index in [0.29, 0.717) is 0 Å². The minimum Gasteiger partial charge on any atom is -0.480 e. The van der Waals surface area contributed by atoms with Gasteiger partial charge in [0.05, 0.1) is 13.2 Å². The third kappa shape index (κ3) is 4.81. The van der Waals surface area contributed by atoms with Gasteiger partial charge in [-0.2, -0.15) is 0 Å². The van der Waals surface area contributed by atoms with Crippen molar-refractivity contribution >= 4 is 18.0 Å². The second-order valence-corrected chi connectivity index (χ2v) is 3.80. The number of alkyl carbamates (subject to hydrolysis) is 1.